The zero-order valence-corrected chi connectivity index (χ0v) is 9.90. The van der Waals surface area contributed by atoms with Gasteiger partial charge in [0.05, 0.1) is 6.10 Å². The van der Waals surface area contributed by atoms with Crippen LogP contribution < -0.4 is 0 Å². The summed E-state index contributed by atoms with van der Waals surface area (Å²) in [5.41, 5.74) is 2.63. The van der Waals surface area contributed by atoms with Crippen LogP contribution >= 0.6 is 11.8 Å². The van der Waals surface area contributed by atoms with Crippen molar-refractivity contribution >= 4 is 11.8 Å². The summed E-state index contributed by atoms with van der Waals surface area (Å²) < 4.78 is 0. The smallest absolute Gasteiger partial charge is 0.0520 e. The fourth-order valence-electron chi connectivity index (χ4n) is 1.20. The first-order valence-corrected chi connectivity index (χ1v) is 5.96. The maximum absolute atomic E-state index is 9.14. The summed E-state index contributed by atoms with van der Waals surface area (Å²) in [4.78, 5) is 1.34. The van der Waals surface area contributed by atoms with Gasteiger partial charge in [0.2, 0.25) is 0 Å². The lowest BCUT2D eigenvalue weighted by Crippen LogP contribution is -2.00. The Hall–Kier alpha value is -0.470. The van der Waals surface area contributed by atoms with Crippen molar-refractivity contribution in [3.05, 3.63) is 29.3 Å². The Morgan fingerprint density at radius 1 is 1.36 bits per heavy atom. The number of thioether (sulfide) groups is 1. The maximum atomic E-state index is 9.14. The van der Waals surface area contributed by atoms with Gasteiger partial charge >= 0.3 is 0 Å². The third-order valence-electron chi connectivity index (χ3n) is 2.14. The van der Waals surface area contributed by atoms with Gasteiger partial charge in [0, 0.05) is 10.6 Å². The summed E-state index contributed by atoms with van der Waals surface area (Å²) in [5, 5.41) is 9.14. The van der Waals surface area contributed by atoms with E-state index in [4.69, 9.17) is 5.11 Å². The van der Waals surface area contributed by atoms with Crippen molar-refractivity contribution in [2.45, 2.75) is 38.2 Å². The Morgan fingerprint density at radius 2 is 2.07 bits per heavy atom. The van der Waals surface area contributed by atoms with Gasteiger partial charge in [0.15, 0.2) is 0 Å². The van der Waals surface area contributed by atoms with E-state index in [0.29, 0.717) is 0 Å². The highest BCUT2D eigenvalue weighted by atomic mass is 32.2. The number of benzene rings is 1. The second kappa shape index (κ2) is 5.42. The molecule has 0 fully saturated rings. The van der Waals surface area contributed by atoms with Crippen molar-refractivity contribution in [2.75, 3.05) is 5.75 Å². The topological polar surface area (TPSA) is 20.2 Å². The molecule has 1 rings (SSSR count). The molecule has 0 aromatic heterocycles. The van der Waals surface area contributed by atoms with E-state index in [1.807, 2.05) is 18.7 Å². The van der Waals surface area contributed by atoms with Gasteiger partial charge in [-0.2, -0.15) is 0 Å². The van der Waals surface area contributed by atoms with Crippen molar-refractivity contribution in [2.24, 2.45) is 0 Å². The van der Waals surface area contributed by atoms with Crippen LogP contribution in [0.5, 0.6) is 0 Å². The minimum Gasteiger partial charge on any atom is -0.393 e. The van der Waals surface area contributed by atoms with Crippen LogP contribution in [0.15, 0.2) is 23.1 Å². The fourth-order valence-corrected chi connectivity index (χ4v) is 2.45. The Morgan fingerprint density at radius 3 is 2.71 bits per heavy atom. The lowest BCUT2D eigenvalue weighted by Gasteiger charge is -2.07. The lowest BCUT2D eigenvalue weighted by molar-refractivity contribution is 0.192. The molecule has 0 spiro atoms. The van der Waals surface area contributed by atoms with Gasteiger partial charge in [0.25, 0.3) is 0 Å². The van der Waals surface area contributed by atoms with Gasteiger partial charge in [-0.25, -0.2) is 0 Å². The molecule has 0 saturated heterocycles. The molecular formula is C12H18OS. The first kappa shape index (κ1) is 11.6. The summed E-state index contributed by atoms with van der Waals surface area (Å²) in [6, 6.07) is 6.50. The van der Waals surface area contributed by atoms with Gasteiger partial charge in [0.1, 0.15) is 0 Å². The largest absolute Gasteiger partial charge is 0.393 e. The molecule has 0 aliphatic heterocycles. The van der Waals surface area contributed by atoms with E-state index in [1.54, 1.807) is 0 Å². The zero-order chi connectivity index (χ0) is 10.6. The molecule has 0 heterocycles. The molecule has 0 radical (unpaired) electrons. The number of rotatable bonds is 4. The first-order chi connectivity index (χ1) is 6.59. The molecule has 0 amide bonds. The van der Waals surface area contributed by atoms with Crippen LogP contribution in [0.1, 0.15) is 24.5 Å². The van der Waals surface area contributed by atoms with E-state index < -0.39 is 0 Å². The lowest BCUT2D eigenvalue weighted by atomic mass is 10.2. The third-order valence-corrected chi connectivity index (χ3v) is 3.33. The molecule has 1 atom stereocenters. The van der Waals surface area contributed by atoms with E-state index in [2.05, 4.69) is 32.0 Å². The van der Waals surface area contributed by atoms with E-state index >= 15 is 0 Å². The molecule has 1 unspecified atom stereocenters. The van der Waals surface area contributed by atoms with Crippen LogP contribution in [-0.2, 0) is 0 Å². The number of hydrogen-bond acceptors (Lipinski definition) is 2. The van der Waals surface area contributed by atoms with Crippen LogP contribution in [0.25, 0.3) is 0 Å². The van der Waals surface area contributed by atoms with E-state index in [0.717, 1.165) is 12.2 Å². The van der Waals surface area contributed by atoms with Gasteiger partial charge in [-0.1, -0.05) is 17.7 Å². The maximum Gasteiger partial charge on any atom is 0.0520 e. The monoisotopic (exact) mass is 210 g/mol. The number of hydrogen-bond donors (Lipinski definition) is 1. The minimum atomic E-state index is -0.187. The number of aliphatic hydroxyl groups excluding tert-OH is 1. The first-order valence-electron chi connectivity index (χ1n) is 4.97. The molecule has 0 bridgehead atoms. The second-order valence-electron chi connectivity index (χ2n) is 3.76. The predicted octanol–water partition coefficient (Wildman–Crippen LogP) is 3.17. The molecular weight excluding hydrogens is 192 g/mol. The summed E-state index contributed by atoms with van der Waals surface area (Å²) in [6.07, 6.45) is 0.672. The molecule has 14 heavy (non-hydrogen) atoms. The van der Waals surface area contributed by atoms with Crippen LogP contribution in [0.4, 0.5) is 0 Å². The molecule has 0 saturated carbocycles. The van der Waals surface area contributed by atoms with Crippen molar-refractivity contribution in [3.63, 3.8) is 0 Å². The SMILES string of the molecule is Cc1ccc(C)c(SCCC(C)O)c1. The highest BCUT2D eigenvalue weighted by molar-refractivity contribution is 7.99. The molecule has 0 aliphatic rings. The summed E-state index contributed by atoms with van der Waals surface area (Å²) in [5.74, 6) is 0.988. The second-order valence-corrected chi connectivity index (χ2v) is 4.89. The molecule has 0 aliphatic carbocycles. The van der Waals surface area contributed by atoms with E-state index in [1.165, 1.54) is 16.0 Å². The number of aryl methyl sites for hydroxylation is 2. The van der Waals surface area contributed by atoms with Crippen molar-refractivity contribution in [3.8, 4) is 0 Å². The Kier molecular flexibility index (Phi) is 4.49. The molecule has 78 valence electrons. The molecule has 1 aromatic rings. The van der Waals surface area contributed by atoms with Crippen LogP contribution in [0.2, 0.25) is 0 Å². The Labute approximate surface area is 90.5 Å². The number of aliphatic hydroxyl groups is 1. The van der Waals surface area contributed by atoms with Crippen LogP contribution in [-0.4, -0.2) is 17.0 Å². The quantitative estimate of drug-likeness (QED) is 0.770. The Bertz CT molecular complexity index is 294. The average molecular weight is 210 g/mol. The van der Waals surface area contributed by atoms with Crippen molar-refractivity contribution < 1.29 is 5.11 Å². The summed E-state index contributed by atoms with van der Waals surface area (Å²) in [7, 11) is 0. The van der Waals surface area contributed by atoms with Gasteiger partial charge in [-0.15, -0.1) is 11.8 Å². The normalized spacial score (nSPS) is 12.9. The predicted molar refractivity (Wildman–Crippen MR) is 62.9 cm³/mol. The van der Waals surface area contributed by atoms with Crippen LogP contribution in [0, 0.1) is 13.8 Å². The van der Waals surface area contributed by atoms with E-state index in [-0.39, 0.29) is 6.10 Å². The molecule has 1 N–H and O–H groups in total. The van der Waals surface area contributed by atoms with Gasteiger partial charge in [-0.05, 0) is 38.8 Å². The minimum absolute atomic E-state index is 0.187. The third kappa shape index (κ3) is 3.72. The standard InChI is InChI=1S/C12H18OS/c1-9-4-5-10(2)12(8-9)14-7-6-11(3)13/h4-5,8,11,13H,6-7H2,1-3H3. The zero-order valence-electron chi connectivity index (χ0n) is 9.08. The highest BCUT2D eigenvalue weighted by Crippen LogP contribution is 2.24. The van der Waals surface area contributed by atoms with Crippen LogP contribution in [0.3, 0.4) is 0 Å². The molecule has 2 heteroatoms. The highest BCUT2D eigenvalue weighted by Gasteiger charge is 2.01. The summed E-state index contributed by atoms with van der Waals surface area (Å²) in [6.45, 7) is 6.08. The van der Waals surface area contributed by atoms with Crippen molar-refractivity contribution in [1.82, 2.24) is 0 Å². The van der Waals surface area contributed by atoms with Gasteiger partial charge < -0.3 is 5.11 Å². The molecule has 1 nitrogen and oxygen atoms in total. The van der Waals surface area contributed by atoms with Gasteiger partial charge in [-0.3, -0.25) is 0 Å². The summed E-state index contributed by atoms with van der Waals surface area (Å²) >= 11 is 1.83. The van der Waals surface area contributed by atoms with Crippen molar-refractivity contribution in [1.29, 1.82) is 0 Å². The Balaban J connectivity index is 2.53. The molecule has 1 aromatic carbocycles. The fraction of sp³-hybridized carbons (Fsp3) is 0.500. The average Bonchev–Trinajstić information content (AvgIpc) is 2.10. The van der Waals surface area contributed by atoms with E-state index in [9.17, 15) is 0 Å².